The number of carbonyl (C=O) groups is 1. The molecule has 0 aromatic carbocycles. The van der Waals surface area contributed by atoms with Crippen molar-refractivity contribution in [3.63, 3.8) is 0 Å². The standard InChI is InChI=1S/C9H16N2O2/c12-6-7-5-10-9(13)11-4-2-1-3-8(7)11/h7-8,12H,1-6H2,(H,10,13). The van der Waals surface area contributed by atoms with Crippen LogP contribution in [0.4, 0.5) is 4.79 Å². The molecule has 4 nitrogen and oxygen atoms in total. The van der Waals surface area contributed by atoms with Gasteiger partial charge in [0.2, 0.25) is 0 Å². The Morgan fingerprint density at radius 3 is 3.15 bits per heavy atom. The topological polar surface area (TPSA) is 52.6 Å². The third-order valence-electron chi connectivity index (χ3n) is 3.10. The Kier molecular flexibility index (Phi) is 2.40. The van der Waals surface area contributed by atoms with Crippen molar-refractivity contribution in [3.05, 3.63) is 0 Å². The van der Waals surface area contributed by atoms with Gasteiger partial charge in [-0.3, -0.25) is 0 Å². The van der Waals surface area contributed by atoms with Crippen LogP contribution in [0.5, 0.6) is 0 Å². The zero-order chi connectivity index (χ0) is 9.26. The van der Waals surface area contributed by atoms with Gasteiger partial charge in [-0.2, -0.15) is 0 Å². The molecule has 0 saturated carbocycles. The summed E-state index contributed by atoms with van der Waals surface area (Å²) >= 11 is 0. The fraction of sp³-hybridized carbons (Fsp3) is 0.889. The second kappa shape index (κ2) is 3.54. The maximum absolute atomic E-state index is 11.4. The molecule has 0 aromatic heterocycles. The molecule has 4 heteroatoms. The molecule has 13 heavy (non-hydrogen) atoms. The quantitative estimate of drug-likeness (QED) is 0.610. The average Bonchev–Trinajstić information content (AvgIpc) is 2.19. The lowest BCUT2D eigenvalue weighted by Crippen LogP contribution is -2.59. The van der Waals surface area contributed by atoms with Gasteiger partial charge < -0.3 is 15.3 Å². The minimum Gasteiger partial charge on any atom is -0.396 e. The Labute approximate surface area is 77.9 Å². The monoisotopic (exact) mass is 184 g/mol. The smallest absolute Gasteiger partial charge is 0.317 e. The highest BCUT2D eigenvalue weighted by molar-refractivity contribution is 5.75. The molecular formula is C9H16N2O2. The van der Waals surface area contributed by atoms with E-state index >= 15 is 0 Å². The molecular weight excluding hydrogens is 168 g/mol. The van der Waals surface area contributed by atoms with Gasteiger partial charge in [-0.1, -0.05) is 0 Å². The molecule has 2 aliphatic rings. The van der Waals surface area contributed by atoms with Gasteiger partial charge in [0.25, 0.3) is 0 Å². The molecule has 2 amide bonds. The van der Waals surface area contributed by atoms with Crippen LogP contribution < -0.4 is 5.32 Å². The van der Waals surface area contributed by atoms with Crippen LogP contribution in [0.15, 0.2) is 0 Å². The Morgan fingerprint density at radius 2 is 2.38 bits per heavy atom. The largest absolute Gasteiger partial charge is 0.396 e. The molecule has 2 atom stereocenters. The summed E-state index contributed by atoms with van der Waals surface area (Å²) in [6, 6.07) is 0.335. The van der Waals surface area contributed by atoms with E-state index in [-0.39, 0.29) is 24.6 Å². The molecule has 2 rings (SSSR count). The fourth-order valence-corrected chi connectivity index (χ4v) is 2.34. The number of nitrogens with zero attached hydrogens (tertiary/aromatic N) is 1. The number of fused-ring (bicyclic) bond motifs is 1. The predicted molar refractivity (Wildman–Crippen MR) is 48.3 cm³/mol. The normalized spacial score (nSPS) is 33.9. The second-order valence-electron chi connectivity index (χ2n) is 3.89. The second-order valence-corrected chi connectivity index (χ2v) is 3.89. The molecule has 2 unspecified atom stereocenters. The maximum Gasteiger partial charge on any atom is 0.317 e. The van der Waals surface area contributed by atoms with Crippen LogP contribution in [-0.2, 0) is 0 Å². The first-order chi connectivity index (χ1) is 6.33. The lowest BCUT2D eigenvalue weighted by atomic mass is 9.89. The van der Waals surface area contributed by atoms with Crippen LogP contribution in [0.1, 0.15) is 19.3 Å². The average molecular weight is 184 g/mol. The Hall–Kier alpha value is -0.770. The first-order valence-electron chi connectivity index (χ1n) is 4.98. The van der Waals surface area contributed by atoms with Gasteiger partial charge in [0.05, 0.1) is 0 Å². The van der Waals surface area contributed by atoms with Gasteiger partial charge >= 0.3 is 6.03 Å². The number of carbonyl (C=O) groups excluding carboxylic acids is 1. The molecule has 0 radical (unpaired) electrons. The van der Waals surface area contributed by atoms with Gasteiger partial charge in [0.1, 0.15) is 0 Å². The third kappa shape index (κ3) is 1.50. The number of aliphatic hydroxyl groups excluding tert-OH is 1. The highest BCUT2D eigenvalue weighted by Crippen LogP contribution is 2.25. The molecule has 2 aliphatic heterocycles. The molecule has 2 N–H and O–H groups in total. The van der Waals surface area contributed by atoms with Crippen molar-refractivity contribution in [3.8, 4) is 0 Å². The SMILES string of the molecule is O=C1NCC(CO)C2CCCCN12. The number of amides is 2. The van der Waals surface area contributed by atoms with E-state index in [9.17, 15) is 4.79 Å². The molecule has 2 fully saturated rings. The van der Waals surface area contributed by atoms with E-state index in [0.717, 1.165) is 19.4 Å². The Bertz CT molecular complexity index is 208. The van der Waals surface area contributed by atoms with E-state index < -0.39 is 0 Å². The number of hydrogen-bond acceptors (Lipinski definition) is 2. The summed E-state index contributed by atoms with van der Waals surface area (Å²) in [5.74, 6) is 0.234. The van der Waals surface area contributed by atoms with E-state index in [0.29, 0.717) is 6.54 Å². The summed E-state index contributed by atoms with van der Waals surface area (Å²) < 4.78 is 0. The molecule has 0 aliphatic carbocycles. The van der Waals surface area contributed by atoms with Crippen LogP contribution in [0.2, 0.25) is 0 Å². The summed E-state index contributed by atoms with van der Waals surface area (Å²) in [4.78, 5) is 13.3. The highest BCUT2D eigenvalue weighted by atomic mass is 16.3. The van der Waals surface area contributed by atoms with Gasteiger partial charge in [0, 0.05) is 31.7 Å². The van der Waals surface area contributed by atoms with Crippen molar-refractivity contribution in [1.82, 2.24) is 10.2 Å². The molecule has 0 aromatic rings. The Morgan fingerprint density at radius 1 is 1.54 bits per heavy atom. The lowest BCUT2D eigenvalue weighted by Gasteiger charge is -2.43. The lowest BCUT2D eigenvalue weighted by molar-refractivity contribution is 0.0658. The first kappa shape index (κ1) is 8.81. The number of nitrogens with one attached hydrogen (secondary N) is 1. The van der Waals surface area contributed by atoms with E-state index in [1.807, 2.05) is 4.90 Å². The van der Waals surface area contributed by atoms with Crippen LogP contribution in [-0.4, -0.2) is 41.8 Å². The molecule has 0 spiro atoms. The van der Waals surface area contributed by atoms with Crippen molar-refractivity contribution in [2.75, 3.05) is 19.7 Å². The molecule has 0 bridgehead atoms. The van der Waals surface area contributed by atoms with Crippen LogP contribution >= 0.6 is 0 Å². The number of piperidine rings is 1. The van der Waals surface area contributed by atoms with Crippen molar-refractivity contribution in [2.45, 2.75) is 25.3 Å². The van der Waals surface area contributed by atoms with Crippen molar-refractivity contribution >= 4 is 6.03 Å². The molecule has 74 valence electrons. The van der Waals surface area contributed by atoms with E-state index in [1.54, 1.807) is 0 Å². The number of hydrogen-bond donors (Lipinski definition) is 2. The van der Waals surface area contributed by atoms with Crippen molar-refractivity contribution in [1.29, 1.82) is 0 Å². The van der Waals surface area contributed by atoms with E-state index in [2.05, 4.69) is 5.32 Å². The minimum absolute atomic E-state index is 0.0504. The third-order valence-corrected chi connectivity index (χ3v) is 3.10. The summed E-state index contributed by atoms with van der Waals surface area (Å²) in [7, 11) is 0. The number of aliphatic hydroxyl groups is 1. The summed E-state index contributed by atoms with van der Waals surface area (Å²) in [5.41, 5.74) is 0. The minimum atomic E-state index is 0.0504. The fourth-order valence-electron chi connectivity index (χ4n) is 2.34. The summed E-state index contributed by atoms with van der Waals surface area (Å²) in [6.45, 7) is 1.67. The molecule has 2 heterocycles. The van der Waals surface area contributed by atoms with Gasteiger partial charge in [-0.25, -0.2) is 4.79 Å². The zero-order valence-electron chi connectivity index (χ0n) is 7.70. The van der Waals surface area contributed by atoms with Crippen LogP contribution in [0.25, 0.3) is 0 Å². The van der Waals surface area contributed by atoms with Crippen LogP contribution in [0.3, 0.4) is 0 Å². The Balaban J connectivity index is 2.09. The van der Waals surface area contributed by atoms with Gasteiger partial charge in [-0.15, -0.1) is 0 Å². The zero-order valence-corrected chi connectivity index (χ0v) is 7.70. The first-order valence-corrected chi connectivity index (χ1v) is 4.98. The van der Waals surface area contributed by atoms with Crippen molar-refractivity contribution in [2.24, 2.45) is 5.92 Å². The van der Waals surface area contributed by atoms with E-state index in [1.165, 1.54) is 6.42 Å². The number of urea groups is 1. The maximum atomic E-state index is 11.4. The van der Waals surface area contributed by atoms with Gasteiger partial charge in [-0.05, 0) is 19.3 Å². The highest BCUT2D eigenvalue weighted by Gasteiger charge is 2.36. The van der Waals surface area contributed by atoms with Gasteiger partial charge in [0.15, 0.2) is 0 Å². The predicted octanol–water partition coefficient (Wildman–Crippen LogP) is 0.173. The van der Waals surface area contributed by atoms with Crippen molar-refractivity contribution < 1.29 is 9.90 Å². The summed E-state index contributed by atoms with van der Waals surface area (Å²) in [5, 5.41) is 11.9. The van der Waals surface area contributed by atoms with Crippen LogP contribution in [0, 0.1) is 5.92 Å². The molecule has 2 saturated heterocycles. The van der Waals surface area contributed by atoms with E-state index in [4.69, 9.17) is 5.11 Å². The summed E-state index contributed by atoms with van der Waals surface area (Å²) in [6.07, 6.45) is 3.34. The number of rotatable bonds is 1.